The van der Waals surface area contributed by atoms with Crippen molar-refractivity contribution in [1.82, 2.24) is 19.8 Å². The third kappa shape index (κ3) is 3.54. The average molecular weight is 268 g/mol. The third-order valence-corrected chi connectivity index (χ3v) is 2.48. The van der Waals surface area contributed by atoms with Crippen LogP contribution in [0.5, 0.6) is 0 Å². The lowest BCUT2D eigenvalue weighted by molar-refractivity contribution is -0.118. The number of hydrogen-bond acceptors (Lipinski definition) is 4. The smallest absolute Gasteiger partial charge is 0.330 e. The number of aromatic nitrogens is 2. The standard InChI is InChI=1S/C11H16N4O4/c1-7(16)12-4-5-13-9(17)8-6-14(2)11(19)15(3)10(8)18/h6H,4-5H2,1-3H3,(H,12,16)(H,13,17). The highest BCUT2D eigenvalue weighted by Crippen LogP contribution is 1.87. The van der Waals surface area contributed by atoms with Crippen molar-refractivity contribution >= 4 is 11.8 Å². The first-order valence-corrected chi connectivity index (χ1v) is 5.64. The Kier molecular flexibility index (Phi) is 4.62. The van der Waals surface area contributed by atoms with Gasteiger partial charge in [-0.15, -0.1) is 0 Å². The maximum absolute atomic E-state index is 11.8. The van der Waals surface area contributed by atoms with Crippen LogP contribution in [0.2, 0.25) is 0 Å². The van der Waals surface area contributed by atoms with Gasteiger partial charge in [0.25, 0.3) is 11.5 Å². The largest absolute Gasteiger partial charge is 0.355 e. The Labute approximate surface area is 109 Å². The van der Waals surface area contributed by atoms with Gasteiger partial charge in [0.15, 0.2) is 0 Å². The summed E-state index contributed by atoms with van der Waals surface area (Å²) in [6.45, 7) is 1.84. The van der Waals surface area contributed by atoms with Crippen LogP contribution in [0.4, 0.5) is 0 Å². The lowest BCUT2D eigenvalue weighted by Gasteiger charge is -2.08. The zero-order valence-electron chi connectivity index (χ0n) is 11.0. The van der Waals surface area contributed by atoms with E-state index in [1.54, 1.807) is 0 Å². The Morgan fingerprint density at radius 3 is 2.32 bits per heavy atom. The Morgan fingerprint density at radius 1 is 1.16 bits per heavy atom. The monoisotopic (exact) mass is 268 g/mol. The zero-order valence-corrected chi connectivity index (χ0v) is 11.0. The number of rotatable bonds is 4. The van der Waals surface area contributed by atoms with E-state index in [1.807, 2.05) is 0 Å². The number of amides is 2. The summed E-state index contributed by atoms with van der Waals surface area (Å²) < 4.78 is 2.02. The molecule has 8 heteroatoms. The molecular formula is C11H16N4O4. The summed E-state index contributed by atoms with van der Waals surface area (Å²) in [7, 11) is 2.76. The minimum absolute atomic E-state index is 0.118. The Balaban J connectivity index is 2.81. The SMILES string of the molecule is CC(=O)NCCNC(=O)c1cn(C)c(=O)n(C)c1=O. The fourth-order valence-corrected chi connectivity index (χ4v) is 1.47. The van der Waals surface area contributed by atoms with E-state index < -0.39 is 17.2 Å². The topological polar surface area (TPSA) is 102 Å². The van der Waals surface area contributed by atoms with E-state index in [0.29, 0.717) is 0 Å². The minimum atomic E-state index is -0.653. The second-order valence-electron chi connectivity index (χ2n) is 4.04. The third-order valence-electron chi connectivity index (χ3n) is 2.48. The van der Waals surface area contributed by atoms with Crippen molar-refractivity contribution in [1.29, 1.82) is 0 Å². The molecule has 1 rings (SSSR count). The maximum atomic E-state index is 11.8. The van der Waals surface area contributed by atoms with Gasteiger partial charge in [0, 0.05) is 40.3 Å². The van der Waals surface area contributed by atoms with Crippen LogP contribution < -0.4 is 21.9 Å². The van der Waals surface area contributed by atoms with Crippen LogP contribution in [0.1, 0.15) is 17.3 Å². The van der Waals surface area contributed by atoms with Crippen LogP contribution >= 0.6 is 0 Å². The summed E-state index contributed by atoms with van der Waals surface area (Å²) in [6, 6.07) is 0. The summed E-state index contributed by atoms with van der Waals surface area (Å²) in [4.78, 5) is 45.6. The summed E-state index contributed by atoms with van der Waals surface area (Å²) in [6.07, 6.45) is 1.19. The molecule has 8 nitrogen and oxygen atoms in total. The van der Waals surface area contributed by atoms with Crippen LogP contribution in [0.3, 0.4) is 0 Å². The summed E-state index contributed by atoms with van der Waals surface area (Å²) in [5, 5.41) is 4.99. The highest BCUT2D eigenvalue weighted by atomic mass is 16.2. The predicted octanol–water partition coefficient (Wildman–Crippen LogP) is -2.05. The molecule has 2 amide bonds. The molecule has 0 saturated carbocycles. The number of nitrogens with zero attached hydrogens (tertiary/aromatic N) is 2. The predicted molar refractivity (Wildman–Crippen MR) is 67.9 cm³/mol. The molecule has 104 valence electrons. The summed E-state index contributed by atoms with van der Waals surface area (Å²) >= 11 is 0. The molecule has 2 N–H and O–H groups in total. The van der Waals surface area contributed by atoms with E-state index in [-0.39, 0.29) is 24.6 Å². The van der Waals surface area contributed by atoms with Crippen molar-refractivity contribution < 1.29 is 9.59 Å². The molecule has 0 aliphatic heterocycles. The molecule has 0 atom stereocenters. The molecule has 0 unspecified atom stereocenters. The van der Waals surface area contributed by atoms with Gasteiger partial charge in [-0.2, -0.15) is 0 Å². The van der Waals surface area contributed by atoms with Crippen LogP contribution in [-0.2, 0) is 18.9 Å². The highest BCUT2D eigenvalue weighted by Gasteiger charge is 2.13. The quantitative estimate of drug-likeness (QED) is 0.613. The lowest BCUT2D eigenvalue weighted by Crippen LogP contribution is -2.43. The molecule has 1 heterocycles. The molecular weight excluding hydrogens is 252 g/mol. The number of hydrogen-bond donors (Lipinski definition) is 2. The molecule has 0 aromatic carbocycles. The van der Waals surface area contributed by atoms with Crippen LogP contribution in [0, 0.1) is 0 Å². The van der Waals surface area contributed by atoms with E-state index in [1.165, 1.54) is 27.2 Å². The summed E-state index contributed by atoms with van der Waals surface area (Å²) in [5.74, 6) is -0.783. The highest BCUT2D eigenvalue weighted by molar-refractivity contribution is 5.93. The van der Waals surface area contributed by atoms with Gasteiger partial charge in [-0.1, -0.05) is 0 Å². The van der Waals surface area contributed by atoms with Gasteiger partial charge in [0.1, 0.15) is 5.56 Å². The molecule has 0 spiro atoms. The zero-order chi connectivity index (χ0) is 14.6. The first kappa shape index (κ1) is 14.7. The second kappa shape index (κ2) is 5.98. The molecule has 19 heavy (non-hydrogen) atoms. The van der Waals surface area contributed by atoms with Crippen molar-refractivity contribution in [2.75, 3.05) is 13.1 Å². The molecule has 1 aromatic heterocycles. The molecule has 1 aromatic rings. The van der Waals surface area contributed by atoms with Crippen LogP contribution in [0.15, 0.2) is 15.8 Å². The Hall–Kier alpha value is -2.38. The van der Waals surface area contributed by atoms with Gasteiger partial charge in [0.2, 0.25) is 5.91 Å². The molecule has 0 aliphatic carbocycles. The normalized spacial score (nSPS) is 10.1. The maximum Gasteiger partial charge on any atom is 0.330 e. The van der Waals surface area contributed by atoms with E-state index in [9.17, 15) is 19.2 Å². The Bertz CT molecular complexity index is 614. The summed E-state index contributed by atoms with van der Waals surface area (Å²) in [5.41, 5.74) is -1.27. The molecule has 0 radical (unpaired) electrons. The van der Waals surface area contributed by atoms with Gasteiger partial charge in [-0.05, 0) is 0 Å². The first-order valence-electron chi connectivity index (χ1n) is 5.64. The molecule has 0 bridgehead atoms. The van der Waals surface area contributed by atoms with E-state index in [2.05, 4.69) is 10.6 Å². The second-order valence-corrected chi connectivity index (χ2v) is 4.04. The minimum Gasteiger partial charge on any atom is -0.355 e. The van der Waals surface area contributed by atoms with Crippen LogP contribution in [0.25, 0.3) is 0 Å². The number of aryl methyl sites for hydroxylation is 1. The van der Waals surface area contributed by atoms with Gasteiger partial charge >= 0.3 is 5.69 Å². The lowest BCUT2D eigenvalue weighted by atomic mass is 10.3. The molecule has 0 fully saturated rings. The fourth-order valence-electron chi connectivity index (χ4n) is 1.47. The first-order chi connectivity index (χ1) is 8.84. The Morgan fingerprint density at radius 2 is 1.74 bits per heavy atom. The van der Waals surface area contributed by atoms with E-state index >= 15 is 0 Å². The van der Waals surface area contributed by atoms with Gasteiger partial charge in [-0.25, -0.2) is 4.79 Å². The van der Waals surface area contributed by atoms with E-state index in [0.717, 1.165) is 9.13 Å². The van der Waals surface area contributed by atoms with Gasteiger partial charge < -0.3 is 15.2 Å². The molecule has 0 saturated heterocycles. The number of carbonyl (C=O) groups excluding carboxylic acids is 2. The van der Waals surface area contributed by atoms with Crippen molar-refractivity contribution in [3.8, 4) is 0 Å². The van der Waals surface area contributed by atoms with E-state index in [4.69, 9.17) is 0 Å². The number of carbonyl (C=O) groups is 2. The van der Waals surface area contributed by atoms with Crippen molar-refractivity contribution in [2.24, 2.45) is 14.1 Å². The van der Waals surface area contributed by atoms with Crippen molar-refractivity contribution in [3.05, 3.63) is 32.6 Å². The number of nitrogens with one attached hydrogen (secondary N) is 2. The fraction of sp³-hybridized carbons (Fsp3) is 0.455. The van der Waals surface area contributed by atoms with Gasteiger partial charge in [-0.3, -0.25) is 19.0 Å². The average Bonchev–Trinajstić information content (AvgIpc) is 2.36. The molecule has 0 aliphatic rings. The van der Waals surface area contributed by atoms with Crippen molar-refractivity contribution in [3.63, 3.8) is 0 Å². The van der Waals surface area contributed by atoms with Gasteiger partial charge in [0.05, 0.1) is 0 Å². The van der Waals surface area contributed by atoms with Crippen molar-refractivity contribution in [2.45, 2.75) is 6.92 Å². The van der Waals surface area contributed by atoms with Crippen LogP contribution in [-0.4, -0.2) is 34.0 Å².